The molecule has 0 unspecified atom stereocenters. The van der Waals surface area contributed by atoms with E-state index in [2.05, 4.69) is 5.84 Å². The number of hydrogen-bond acceptors (Lipinski definition) is 4. The first-order valence-electron chi connectivity index (χ1n) is 1.27. The SMILES string of the molecule is CS(O)(O)NN. The Bertz CT molecular complexity index is 41.3. The van der Waals surface area contributed by atoms with Crippen molar-refractivity contribution in [2.75, 3.05) is 6.26 Å². The summed E-state index contributed by atoms with van der Waals surface area (Å²) in [4.78, 5) is 1.80. The number of nitrogens with two attached hydrogens (primary N) is 1. The summed E-state index contributed by atoms with van der Waals surface area (Å²) in [5.41, 5.74) is 0. The molecule has 0 saturated heterocycles. The molecule has 0 saturated carbocycles. The third-order valence-electron chi connectivity index (χ3n) is 0.223. The maximum Gasteiger partial charge on any atom is 0.0429 e. The average Bonchev–Trinajstić information content (AvgIpc) is 1.35. The third kappa shape index (κ3) is 4.19. The summed E-state index contributed by atoms with van der Waals surface area (Å²) in [7, 11) is -2.63. The van der Waals surface area contributed by atoms with Crippen LogP contribution in [0.25, 0.3) is 0 Å². The molecule has 0 fully saturated rings. The molecule has 6 heavy (non-hydrogen) atoms. The fraction of sp³-hybridized carbons (Fsp3) is 1.00. The van der Waals surface area contributed by atoms with E-state index in [0.717, 1.165) is 0 Å². The van der Waals surface area contributed by atoms with Gasteiger partial charge in [-0.15, -0.1) is 10.8 Å². The first-order valence-corrected chi connectivity index (χ1v) is 3.22. The summed E-state index contributed by atoms with van der Waals surface area (Å²) in [6.45, 7) is 0. The van der Waals surface area contributed by atoms with Crippen LogP contribution in [-0.4, -0.2) is 15.4 Å². The van der Waals surface area contributed by atoms with Crippen LogP contribution in [0.1, 0.15) is 0 Å². The first kappa shape index (κ1) is 6.19. The molecule has 0 aliphatic heterocycles. The molecule has 4 nitrogen and oxygen atoms in total. The Morgan fingerprint density at radius 3 is 1.83 bits per heavy atom. The summed E-state index contributed by atoms with van der Waals surface area (Å²) in [6, 6.07) is 0. The van der Waals surface area contributed by atoms with Crippen molar-refractivity contribution in [1.82, 2.24) is 4.83 Å². The lowest BCUT2D eigenvalue weighted by Crippen LogP contribution is -2.25. The fourth-order valence-electron chi connectivity index (χ4n) is 0. The summed E-state index contributed by atoms with van der Waals surface area (Å²) in [5.74, 6) is 4.59. The molecule has 0 bridgehead atoms. The second-order valence-corrected chi connectivity index (χ2v) is 2.85. The first-order chi connectivity index (χ1) is 2.56. The Hall–Kier alpha value is 0.190. The van der Waals surface area contributed by atoms with Crippen LogP contribution in [0, 0.1) is 0 Å². The maximum absolute atomic E-state index is 8.23. The van der Waals surface area contributed by atoms with Gasteiger partial charge >= 0.3 is 0 Å². The smallest absolute Gasteiger partial charge is 0.0429 e. The van der Waals surface area contributed by atoms with Gasteiger partial charge < -0.3 is 0 Å². The summed E-state index contributed by atoms with van der Waals surface area (Å²) < 4.78 is 16.5. The van der Waals surface area contributed by atoms with Crippen LogP contribution in [-0.2, 0) is 0 Å². The fourth-order valence-corrected chi connectivity index (χ4v) is 0. The number of nitrogens with one attached hydrogen (secondary N) is 1. The lowest BCUT2D eigenvalue weighted by atomic mass is 12.0. The van der Waals surface area contributed by atoms with Crippen LogP contribution in [0.4, 0.5) is 0 Å². The lowest BCUT2D eigenvalue weighted by molar-refractivity contribution is 0.480. The maximum atomic E-state index is 8.23. The Labute approximate surface area is 37.8 Å². The van der Waals surface area contributed by atoms with Gasteiger partial charge in [0.1, 0.15) is 0 Å². The van der Waals surface area contributed by atoms with Crippen LogP contribution >= 0.6 is 10.8 Å². The van der Waals surface area contributed by atoms with Gasteiger partial charge in [0.15, 0.2) is 0 Å². The molecule has 0 rings (SSSR count). The molecule has 0 radical (unpaired) electrons. The Kier molecular flexibility index (Phi) is 1.82. The highest BCUT2D eigenvalue weighted by Gasteiger charge is 1.93. The average molecular weight is 112 g/mol. The van der Waals surface area contributed by atoms with Crippen LogP contribution in [0.3, 0.4) is 0 Å². The molecule has 0 aliphatic rings. The topological polar surface area (TPSA) is 78.5 Å². The van der Waals surface area contributed by atoms with Gasteiger partial charge in [0.05, 0.1) is 0 Å². The second kappa shape index (κ2) is 1.76. The monoisotopic (exact) mass is 112 g/mol. The molecule has 0 amide bonds. The number of rotatable bonds is 1. The van der Waals surface area contributed by atoms with Crippen molar-refractivity contribution in [3.05, 3.63) is 0 Å². The Morgan fingerprint density at radius 2 is 1.83 bits per heavy atom. The highest BCUT2D eigenvalue weighted by atomic mass is 32.3. The molecule has 40 valence electrons. The van der Waals surface area contributed by atoms with E-state index in [4.69, 9.17) is 9.11 Å². The normalized spacial score (nSPS) is 14.7. The largest absolute Gasteiger partial charge is 0.285 e. The quantitative estimate of drug-likeness (QED) is 0.278. The van der Waals surface area contributed by atoms with Crippen molar-refractivity contribution in [2.24, 2.45) is 5.84 Å². The number of hydrogen-bond donors (Lipinski definition) is 4. The minimum Gasteiger partial charge on any atom is -0.285 e. The van der Waals surface area contributed by atoms with Crippen molar-refractivity contribution in [1.29, 1.82) is 0 Å². The van der Waals surface area contributed by atoms with Crippen molar-refractivity contribution in [2.45, 2.75) is 0 Å². The highest BCUT2D eigenvalue weighted by Crippen LogP contribution is 2.23. The minimum absolute atomic E-state index is 1.20. The molecule has 5 N–H and O–H groups in total. The van der Waals surface area contributed by atoms with Crippen molar-refractivity contribution >= 4 is 10.8 Å². The zero-order chi connectivity index (χ0) is 5.21. The van der Waals surface area contributed by atoms with Crippen molar-refractivity contribution < 1.29 is 9.11 Å². The lowest BCUT2D eigenvalue weighted by Gasteiger charge is -2.23. The highest BCUT2D eigenvalue weighted by molar-refractivity contribution is 8.22. The van der Waals surface area contributed by atoms with Crippen molar-refractivity contribution in [3.8, 4) is 0 Å². The van der Waals surface area contributed by atoms with Gasteiger partial charge in [-0.1, -0.05) is 0 Å². The van der Waals surface area contributed by atoms with Gasteiger partial charge in [-0.3, -0.25) is 14.9 Å². The second-order valence-electron chi connectivity index (χ2n) is 0.951. The van der Waals surface area contributed by atoms with Gasteiger partial charge in [-0.2, -0.15) is 4.83 Å². The number of hydrazine groups is 1. The standard InChI is InChI=1S/CH8N2O2S/c1-6(4,5)3-2/h3-5H,2H2,1H3. The van der Waals surface area contributed by atoms with Gasteiger partial charge in [-0.25, -0.2) is 0 Å². The Balaban J connectivity index is 3.17. The molecule has 0 heterocycles. The molecular formula is CH8N2O2S. The third-order valence-corrected chi connectivity index (χ3v) is 0.670. The van der Waals surface area contributed by atoms with Crippen molar-refractivity contribution in [3.63, 3.8) is 0 Å². The summed E-state index contributed by atoms with van der Waals surface area (Å²) in [6.07, 6.45) is 1.20. The molecule has 5 heteroatoms. The van der Waals surface area contributed by atoms with E-state index in [0.29, 0.717) is 0 Å². The van der Waals surface area contributed by atoms with Crippen LogP contribution in [0.15, 0.2) is 0 Å². The van der Waals surface area contributed by atoms with Gasteiger partial charge in [-0.05, 0) is 0 Å². The van der Waals surface area contributed by atoms with E-state index in [1.165, 1.54) is 6.26 Å². The molecule has 0 aliphatic carbocycles. The predicted molar refractivity (Wildman–Crippen MR) is 26.1 cm³/mol. The van der Waals surface area contributed by atoms with Crippen LogP contribution < -0.4 is 10.7 Å². The molecule has 0 aromatic rings. The van der Waals surface area contributed by atoms with Gasteiger partial charge in [0.2, 0.25) is 0 Å². The minimum atomic E-state index is -2.63. The molecule has 0 aromatic carbocycles. The zero-order valence-electron chi connectivity index (χ0n) is 3.38. The molecule has 0 aromatic heterocycles. The van der Waals surface area contributed by atoms with Crippen LogP contribution in [0.5, 0.6) is 0 Å². The van der Waals surface area contributed by atoms with E-state index >= 15 is 0 Å². The van der Waals surface area contributed by atoms with Crippen LogP contribution in [0.2, 0.25) is 0 Å². The van der Waals surface area contributed by atoms with E-state index < -0.39 is 10.8 Å². The van der Waals surface area contributed by atoms with E-state index in [1.54, 1.807) is 4.83 Å². The van der Waals surface area contributed by atoms with E-state index in [-0.39, 0.29) is 0 Å². The Morgan fingerprint density at radius 1 is 1.67 bits per heavy atom. The zero-order valence-corrected chi connectivity index (χ0v) is 4.20. The molecule has 0 atom stereocenters. The van der Waals surface area contributed by atoms with E-state index in [9.17, 15) is 0 Å². The van der Waals surface area contributed by atoms with E-state index in [1.807, 2.05) is 0 Å². The summed E-state index contributed by atoms with van der Waals surface area (Å²) in [5, 5.41) is 0. The summed E-state index contributed by atoms with van der Waals surface area (Å²) >= 11 is 0. The predicted octanol–water partition coefficient (Wildman–Crippen LogP) is -0.255. The van der Waals surface area contributed by atoms with Gasteiger partial charge in [0.25, 0.3) is 0 Å². The molecular weight excluding hydrogens is 104 g/mol. The molecule has 0 spiro atoms. The van der Waals surface area contributed by atoms with Gasteiger partial charge in [0, 0.05) is 6.26 Å².